The van der Waals surface area contributed by atoms with Crippen LogP contribution in [0.1, 0.15) is 32.1 Å². The van der Waals surface area contributed by atoms with Gasteiger partial charge in [-0.25, -0.2) is 0 Å². The predicted octanol–water partition coefficient (Wildman–Crippen LogP) is 14.7. The maximum absolute atomic E-state index is 14.6. The Morgan fingerprint density at radius 2 is 0.395 bits per heavy atom. The van der Waals surface area contributed by atoms with Gasteiger partial charge in [-0.1, -0.05) is 339 Å². The van der Waals surface area contributed by atoms with E-state index in [0.29, 0.717) is 0 Å². The van der Waals surface area contributed by atoms with Crippen LogP contribution in [0.3, 0.4) is 0 Å². The van der Waals surface area contributed by atoms with E-state index >= 15 is 0 Å². The van der Waals surface area contributed by atoms with Crippen LogP contribution < -0.4 is 58.8 Å². The smallest absolute Gasteiger partial charge is 0.358 e. The second-order valence-electron chi connectivity index (χ2n) is 21.2. The Kier molecular flexibility index (Phi) is 24.5. The first kappa shape index (κ1) is 66.6. The Morgan fingerprint density at radius 3 is 0.558 bits per heavy atom. The molecule has 1 aliphatic carbocycles. The fourth-order valence-electron chi connectivity index (χ4n) is 12.1. The molecule has 0 spiro atoms. The first-order chi connectivity index (χ1) is 40.7. The molecule has 0 N–H and O–H groups in total. The molecule has 428 valence electrons. The van der Waals surface area contributed by atoms with E-state index in [0.717, 1.165) is 42.4 Å². The second-order valence-corrected chi connectivity index (χ2v) is 33.6. The summed E-state index contributed by atoms with van der Waals surface area (Å²) in [5.41, 5.74) is 4.37. The SMILES string of the molecule is O=P(CP(=O)(c1ccccc1)c1ccccc1)(c1ccccc1)c1ccccc1.O=P(CP(=O)(c1ccccc1)c1ccccc1)(c1ccccc1)c1ccccc1.[CH3-].[CH3-].[Sn+4].c1ccc([B-](c2ccccc2)(c2ccccc2)[C+]2CCCCC2)cc1. The maximum Gasteiger partial charge on any atom is 4.00 e. The summed E-state index contributed by atoms with van der Waals surface area (Å²) in [6.07, 6.45) is 5.49. The first-order valence-electron chi connectivity index (χ1n) is 28.7. The predicted molar refractivity (Wildman–Crippen MR) is 378 cm³/mol. The van der Waals surface area contributed by atoms with Gasteiger partial charge in [0.2, 0.25) is 0 Å². The molecule has 0 amide bonds. The molecule has 0 aliphatic heterocycles. The average molecular weight is 1310 g/mol. The monoisotopic (exact) mass is 1310 g/mol. The topological polar surface area (TPSA) is 68.3 Å². The molecule has 1 aliphatic rings. The van der Waals surface area contributed by atoms with Crippen LogP contribution in [0.2, 0.25) is 0 Å². The summed E-state index contributed by atoms with van der Waals surface area (Å²) in [6, 6.07) is 109. The number of hydrogen-bond acceptors (Lipinski definition) is 4. The zero-order valence-corrected chi connectivity index (χ0v) is 55.6. The molecule has 0 heterocycles. The Bertz CT molecular complexity index is 3280. The molecule has 0 unspecified atom stereocenters. The van der Waals surface area contributed by atoms with Crippen LogP contribution in [0.4, 0.5) is 0 Å². The van der Waals surface area contributed by atoms with Gasteiger partial charge in [-0.2, -0.15) is 16.4 Å². The molecule has 0 radical (unpaired) electrons. The summed E-state index contributed by atoms with van der Waals surface area (Å²) in [4.78, 5) is 0. The molecule has 11 aromatic carbocycles. The number of rotatable bonds is 16. The van der Waals surface area contributed by atoms with Crippen molar-refractivity contribution in [2.45, 2.75) is 32.1 Å². The van der Waals surface area contributed by atoms with E-state index in [1.807, 2.05) is 243 Å². The fraction of sp³-hybridized carbons (Fsp3) is 0.0921. The van der Waals surface area contributed by atoms with E-state index in [4.69, 9.17) is 0 Å². The Morgan fingerprint density at radius 1 is 0.244 bits per heavy atom. The molecule has 0 saturated heterocycles. The summed E-state index contributed by atoms with van der Waals surface area (Å²) in [6.45, 7) is 0. The standard InChI is InChI=1S/2C25H22O2P2.C24H25B.2CH3.Sn/c2*26-28(22-13-5-1-6-14-22,23-15-7-2-8-16-23)21-29(27,24-17-9-3-10-18-24)25-19-11-4-12-20-25;1-5-13-21(14-6-1)25(22-15-7-2-8-16-22,23-17-9-3-10-18-23)24-19-11-4-12-20-24;;;/h2*1-20H,21H2;1-3,5-10,13-18H,4,11-12,19-20H2;2*1H3;/q;;;2*-1;+4. The minimum atomic E-state index is -3.14. The summed E-state index contributed by atoms with van der Waals surface area (Å²) < 4.78 is 58.4. The van der Waals surface area contributed by atoms with E-state index in [2.05, 4.69) is 91.0 Å². The molecule has 86 heavy (non-hydrogen) atoms. The quantitative estimate of drug-likeness (QED) is 0.0549. The third-order valence-corrected chi connectivity index (χ3v) is 31.6. The van der Waals surface area contributed by atoms with Crippen LogP contribution in [0.25, 0.3) is 0 Å². The molecule has 0 aromatic heterocycles. The van der Waals surface area contributed by atoms with Gasteiger partial charge < -0.3 is 33.1 Å². The van der Waals surface area contributed by atoms with Gasteiger partial charge in [0, 0.05) is 55.3 Å². The summed E-state index contributed by atoms with van der Waals surface area (Å²) in [7, 11) is -12.6. The molecule has 0 bridgehead atoms. The molecule has 1 fully saturated rings. The molecule has 11 aromatic rings. The van der Waals surface area contributed by atoms with Crippen molar-refractivity contribution < 1.29 is 18.3 Å². The average Bonchev–Trinajstić information content (AvgIpc) is 1.18. The largest absolute Gasteiger partial charge is 4.00 e. The van der Waals surface area contributed by atoms with Crippen molar-refractivity contribution in [1.82, 2.24) is 0 Å². The third-order valence-electron chi connectivity index (χ3n) is 16.2. The van der Waals surface area contributed by atoms with Gasteiger partial charge in [-0.3, -0.25) is 0 Å². The van der Waals surface area contributed by atoms with Crippen LogP contribution >= 0.6 is 28.6 Å². The summed E-state index contributed by atoms with van der Waals surface area (Å²) in [5.74, 6) is 1.90. The van der Waals surface area contributed by atoms with Gasteiger partial charge in [0.1, 0.15) is 0 Å². The van der Waals surface area contributed by atoms with E-state index in [9.17, 15) is 18.3 Å². The van der Waals surface area contributed by atoms with Crippen molar-refractivity contribution in [3.63, 3.8) is 0 Å². The number of hydrogen-bond donors (Lipinski definition) is 0. The van der Waals surface area contributed by atoms with Crippen LogP contribution in [-0.2, 0) is 18.3 Å². The van der Waals surface area contributed by atoms with Gasteiger partial charge >= 0.3 is 23.9 Å². The maximum atomic E-state index is 14.6. The van der Waals surface area contributed by atoms with Crippen LogP contribution in [0, 0.1) is 20.7 Å². The minimum absolute atomic E-state index is 0. The molecule has 4 nitrogen and oxygen atoms in total. The first-order valence-corrected chi connectivity index (χ1v) is 36.2. The molecule has 12 rings (SSSR count). The molecule has 1 saturated carbocycles. The van der Waals surface area contributed by atoms with Crippen LogP contribution in [0.5, 0.6) is 0 Å². The summed E-state index contributed by atoms with van der Waals surface area (Å²) in [5, 5.41) is 5.88. The molecule has 0 atom stereocenters. The van der Waals surface area contributed by atoms with Crippen molar-refractivity contribution in [3.05, 3.63) is 354 Å². The van der Waals surface area contributed by atoms with Gasteiger partial charge in [0.25, 0.3) is 6.15 Å². The normalized spacial score (nSPS) is 12.4. The van der Waals surface area contributed by atoms with Gasteiger partial charge in [-0.15, -0.1) is 0 Å². The summed E-state index contributed by atoms with van der Waals surface area (Å²) >= 11 is 0. The Labute approximate surface area is 530 Å². The van der Waals surface area contributed by atoms with Gasteiger partial charge in [0.15, 0.2) is 28.6 Å². The van der Waals surface area contributed by atoms with Crippen LogP contribution in [0.15, 0.2) is 334 Å². The van der Waals surface area contributed by atoms with E-state index in [1.54, 1.807) is 5.82 Å². The van der Waals surface area contributed by atoms with Crippen molar-refractivity contribution in [1.29, 1.82) is 0 Å². The molecular formula is C76H75BO4P4Sn+2. The van der Waals surface area contributed by atoms with Crippen molar-refractivity contribution >= 4 is 117 Å². The molecular weight excluding hydrogens is 1230 g/mol. The second kappa shape index (κ2) is 31.6. The van der Waals surface area contributed by atoms with E-state index in [-0.39, 0.29) is 50.6 Å². The van der Waals surface area contributed by atoms with Crippen molar-refractivity contribution in [3.8, 4) is 0 Å². The van der Waals surface area contributed by atoms with Crippen LogP contribution in [-0.4, -0.2) is 41.9 Å². The fourth-order valence-corrected chi connectivity index (χ4v) is 28.2. The third kappa shape index (κ3) is 14.9. The number of benzene rings is 11. The zero-order valence-electron chi connectivity index (χ0n) is 49.2. The minimum Gasteiger partial charge on any atom is -0.358 e. The zero-order chi connectivity index (χ0) is 57.3. The van der Waals surface area contributed by atoms with Crippen molar-refractivity contribution in [2.75, 3.05) is 11.8 Å². The Hall–Kier alpha value is -6.93. The van der Waals surface area contributed by atoms with Gasteiger partial charge in [0.05, 0.1) is 11.8 Å². The van der Waals surface area contributed by atoms with E-state index < -0.39 is 34.7 Å². The van der Waals surface area contributed by atoms with Gasteiger partial charge in [-0.05, 0) is 19.3 Å². The Balaban J connectivity index is 0.000000182. The van der Waals surface area contributed by atoms with Crippen molar-refractivity contribution in [2.24, 2.45) is 0 Å². The molecule has 10 heteroatoms. The van der Waals surface area contributed by atoms with E-state index in [1.165, 1.54) is 48.5 Å².